The second-order valence-corrected chi connectivity index (χ2v) is 6.90. The van der Waals surface area contributed by atoms with Gasteiger partial charge >= 0.3 is 0 Å². The van der Waals surface area contributed by atoms with Crippen LogP contribution in [0, 0.1) is 0 Å². The number of aromatic nitrogens is 1. The van der Waals surface area contributed by atoms with Gasteiger partial charge in [-0.15, -0.1) is 0 Å². The summed E-state index contributed by atoms with van der Waals surface area (Å²) in [6.45, 7) is 5.16. The summed E-state index contributed by atoms with van der Waals surface area (Å²) >= 11 is 0. The smallest absolute Gasteiger partial charge is 0.120 e. The molecule has 0 atom stereocenters. The quantitative estimate of drug-likeness (QED) is 0.658. The molecule has 4 rings (SSSR count). The van der Waals surface area contributed by atoms with Gasteiger partial charge in [0.2, 0.25) is 0 Å². The summed E-state index contributed by atoms with van der Waals surface area (Å²) in [4.78, 5) is 2.51. The number of ether oxygens (including phenoxy) is 1. The predicted octanol–water partition coefficient (Wildman–Crippen LogP) is 4.55. The lowest BCUT2D eigenvalue weighted by Gasteiger charge is -2.26. The van der Waals surface area contributed by atoms with Gasteiger partial charge in [0.15, 0.2) is 0 Å². The average Bonchev–Trinajstić information content (AvgIpc) is 3.06. The molecule has 0 N–H and O–H groups in total. The van der Waals surface area contributed by atoms with Gasteiger partial charge in [0, 0.05) is 30.2 Å². The second-order valence-electron chi connectivity index (χ2n) is 6.90. The van der Waals surface area contributed by atoms with Gasteiger partial charge in [0.1, 0.15) is 12.4 Å². The molecular formula is C22H26N2O. The van der Waals surface area contributed by atoms with Gasteiger partial charge in [-0.2, -0.15) is 0 Å². The Morgan fingerprint density at radius 3 is 2.56 bits per heavy atom. The van der Waals surface area contributed by atoms with Crippen molar-refractivity contribution in [3.05, 3.63) is 66.4 Å². The first-order valence-electron chi connectivity index (χ1n) is 9.36. The van der Waals surface area contributed by atoms with Crippen LogP contribution in [-0.4, -0.2) is 35.7 Å². The summed E-state index contributed by atoms with van der Waals surface area (Å²) in [6.07, 6.45) is 6.21. The summed E-state index contributed by atoms with van der Waals surface area (Å²) in [5.74, 6) is 0.974. The van der Waals surface area contributed by atoms with E-state index >= 15 is 0 Å². The number of hydrogen-bond donors (Lipinski definition) is 0. The van der Waals surface area contributed by atoms with Crippen molar-refractivity contribution in [2.45, 2.75) is 25.8 Å². The van der Waals surface area contributed by atoms with Crippen molar-refractivity contribution in [2.24, 2.45) is 0 Å². The fourth-order valence-corrected chi connectivity index (χ4v) is 3.66. The minimum Gasteiger partial charge on any atom is -0.492 e. The molecule has 130 valence electrons. The summed E-state index contributed by atoms with van der Waals surface area (Å²) in [5.41, 5.74) is 2.58. The molecule has 1 fully saturated rings. The van der Waals surface area contributed by atoms with Crippen LogP contribution in [0.2, 0.25) is 0 Å². The van der Waals surface area contributed by atoms with Crippen molar-refractivity contribution in [1.82, 2.24) is 9.47 Å². The standard InChI is InChI=1S/C22H26N2O/c1-3-7-19(8-4-1)18-24-14-11-20-17-21(9-10-22(20)24)25-16-15-23-12-5-2-6-13-23/h1,3-4,7-11,14,17H,2,5-6,12-13,15-16,18H2. The number of benzene rings is 2. The van der Waals surface area contributed by atoms with Gasteiger partial charge in [-0.1, -0.05) is 36.8 Å². The second kappa shape index (κ2) is 7.75. The number of rotatable bonds is 6. The van der Waals surface area contributed by atoms with E-state index in [1.807, 2.05) is 0 Å². The van der Waals surface area contributed by atoms with Gasteiger partial charge in [0.05, 0.1) is 0 Å². The number of likely N-dealkylation sites (tertiary alicyclic amines) is 1. The van der Waals surface area contributed by atoms with E-state index in [0.29, 0.717) is 0 Å². The Balaban J connectivity index is 1.39. The summed E-state index contributed by atoms with van der Waals surface area (Å²) in [7, 11) is 0. The molecule has 25 heavy (non-hydrogen) atoms. The van der Waals surface area contributed by atoms with Crippen LogP contribution < -0.4 is 4.74 Å². The van der Waals surface area contributed by atoms with Crippen molar-refractivity contribution in [2.75, 3.05) is 26.2 Å². The molecule has 2 aromatic carbocycles. The third-order valence-electron chi connectivity index (χ3n) is 5.06. The lowest BCUT2D eigenvalue weighted by atomic mass is 10.1. The van der Waals surface area contributed by atoms with Gasteiger partial charge in [-0.05, 0) is 55.8 Å². The predicted molar refractivity (Wildman–Crippen MR) is 103 cm³/mol. The molecule has 1 saturated heterocycles. The highest BCUT2D eigenvalue weighted by molar-refractivity contribution is 5.81. The fraction of sp³-hybridized carbons (Fsp3) is 0.364. The van der Waals surface area contributed by atoms with Crippen LogP contribution in [0.1, 0.15) is 24.8 Å². The van der Waals surface area contributed by atoms with Gasteiger partial charge in [0.25, 0.3) is 0 Å². The topological polar surface area (TPSA) is 17.4 Å². The highest BCUT2D eigenvalue weighted by Gasteiger charge is 2.10. The molecule has 0 unspecified atom stereocenters. The van der Waals surface area contributed by atoms with E-state index in [9.17, 15) is 0 Å². The Morgan fingerprint density at radius 2 is 1.72 bits per heavy atom. The lowest BCUT2D eigenvalue weighted by Crippen LogP contribution is -2.33. The van der Waals surface area contributed by atoms with Crippen LogP contribution in [0.4, 0.5) is 0 Å². The lowest BCUT2D eigenvalue weighted by molar-refractivity contribution is 0.183. The Labute approximate surface area is 149 Å². The Kier molecular flexibility index (Phi) is 5.03. The first-order chi connectivity index (χ1) is 12.4. The van der Waals surface area contributed by atoms with Crippen molar-refractivity contribution in [1.29, 1.82) is 0 Å². The van der Waals surface area contributed by atoms with E-state index in [2.05, 4.69) is 70.3 Å². The number of fused-ring (bicyclic) bond motifs is 1. The van der Waals surface area contributed by atoms with Crippen LogP contribution in [0.5, 0.6) is 5.75 Å². The Morgan fingerprint density at radius 1 is 0.880 bits per heavy atom. The molecule has 0 saturated carbocycles. The fourth-order valence-electron chi connectivity index (χ4n) is 3.66. The molecule has 3 aromatic rings. The molecule has 1 aliphatic heterocycles. The minimum atomic E-state index is 0.774. The average molecular weight is 334 g/mol. The van der Waals surface area contributed by atoms with Crippen molar-refractivity contribution < 1.29 is 4.74 Å². The largest absolute Gasteiger partial charge is 0.492 e. The molecule has 3 nitrogen and oxygen atoms in total. The van der Waals surface area contributed by atoms with Crippen molar-refractivity contribution in [3.63, 3.8) is 0 Å². The Bertz CT molecular complexity index is 803. The first-order valence-corrected chi connectivity index (χ1v) is 9.36. The van der Waals surface area contributed by atoms with E-state index in [1.165, 1.54) is 48.8 Å². The molecule has 0 amide bonds. The third-order valence-corrected chi connectivity index (χ3v) is 5.06. The summed E-state index contributed by atoms with van der Waals surface area (Å²) in [5, 5.41) is 1.24. The van der Waals surface area contributed by atoms with Gasteiger partial charge < -0.3 is 9.30 Å². The summed E-state index contributed by atoms with van der Waals surface area (Å²) in [6, 6.07) is 19.2. The monoisotopic (exact) mass is 334 g/mol. The van der Waals surface area contributed by atoms with Crippen molar-refractivity contribution in [3.8, 4) is 5.75 Å². The molecule has 1 aromatic heterocycles. The number of hydrogen-bond acceptors (Lipinski definition) is 2. The van der Waals surface area contributed by atoms with E-state index in [-0.39, 0.29) is 0 Å². The Hall–Kier alpha value is -2.26. The molecule has 1 aliphatic rings. The molecule has 2 heterocycles. The first kappa shape index (κ1) is 16.2. The molecule has 0 spiro atoms. The zero-order chi connectivity index (χ0) is 16.9. The molecule has 0 radical (unpaired) electrons. The highest BCUT2D eigenvalue weighted by atomic mass is 16.5. The number of piperidine rings is 1. The van der Waals surface area contributed by atoms with Crippen LogP contribution in [-0.2, 0) is 6.54 Å². The maximum absolute atomic E-state index is 5.99. The minimum absolute atomic E-state index is 0.774. The molecule has 3 heteroatoms. The highest BCUT2D eigenvalue weighted by Crippen LogP contribution is 2.23. The van der Waals surface area contributed by atoms with Crippen LogP contribution >= 0.6 is 0 Å². The van der Waals surface area contributed by atoms with Crippen molar-refractivity contribution >= 4 is 10.9 Å². The van der Waals surface area contributed by atoms with Gasteiger partial charge in [-0.3, -0.25) is 4.90 Å². The zero-order valence-corrected chi connectivity index (χ0v) is 14.7. The van der Waals surface area contributed by atoms with Crippen LogP contribution in [0.15, 0.2) is 60.8 Å². The van der Waals surface area contributed by atoms with E-state index < -0.39 is 0 Å². The zero-order valence-electron chi connectivity index (χ0n) is 14.7. The molecule has 0 bridgehead atoms. The maximum Gasteiger partial charge on any atom is 0.120 e. The molecular weight excluding hydrogens is 308 g/mol. The number of nitrogens with zero attached hydrogens (tertiary/aromatic N) is 2. The van der Waals surface area contributed by atoms with Crippen LogP contribution in [0.3, 0.4) is 0 Å². The van der Waals surface area contributed by atoms with Crippen LogP contribution in [0.25, 0.3) is 10.9 Å². The maximum atomic E-state index is 5.99. The summed E-state index contributed by atoms with van der Waals surface area (Å²) < 4.78 is 8.29. The van der Waals surface area contributed by atoms with E-state index in [4.69, 9.17) is 4.74 Å². The van der Waals surface area contributed by atoms with E-state index in [0.717, 1.165) is 25.4 Å². The van der Waals surface area contributed by atoms with Gasteiger partial charge in [-0.25, -0.2) is 0 Å². The normalized spacial score (nSPS) is 15.5. The SMILES string of the molecule is c1ccc(Cn2ccc3cc(OCCN4CCCCC4)ccc32)cc1. The van der Waals surface area contributed by atoms with E-state index in [1.54, 1.807) is 0 Å². The third kappa shape index (κ3) is 4.05. The molecule has 0 aliphatic carbocycles.